The SMILES string of the molecule is O=C(OC12CC3CC(C1)CC(C(=O)Oc1cccc4c1CCCC4)(C3)C2)C1CC2c3ccccc3C1c1ccccc12. The predicted octanol–water partition coefficient (Wildman–Crippen LogP) is 7.65. The van der Waals surface area contributed by atoms with Gasteiger partial charge >= 0.3 is 11.9 Å². The van der Waals surface area contributed by atoms with Gasteiger partial charge in [0, 0.05) is 18.3 Å². The zero-order chi connectivity index (χ0) is 28.1. The first-order valence-corrected chi connectivity index (χ1v) is 16.2. The number of aryl methyl sites for hydroxylation is 1. The summed E-state index contributed by atoms with van der Waals surface area (Å²) in [5.74, 6) is 1.52. The molecule has 0 saturated heterocycles. The summed E-state index contributed by atoms with van der Waals surface area (Å²) in [5, 5.41) is 0. The van der Waals surface area contributed by atoms with E-state index >= 15 is 0 Å². The van der Waals surface area contributed by atoms with Crippen molar-refractivity contribution in [2.24, 2.45) is 23.2 Å². The summed E-state index contributed by atoms with van der Waals surface area (Å²) in [7, 11) is 0. The number of carbonyl (C=O) groups excluding carboxylic acids is 2. The van der Waals surface area contributed by atoms with Gasteiger partial charge in [-0.1, -0.05) is 60.7 Å². The fourth-order valence-electron chi connectivity index (χ4n) is 10.7. The second-order valence-electron chi connectivity index (χ2n) is 14.5. The van der Waals surface area contributed by atoms with E-state index in [1.165, 1.54) is 39.8 Å². The Morgan fingerprint density at radius 3 is 2.10 bits per heavy atom. The molecule has 3 aromatic rings. The van der Waals surface area contributed by atoms with Crippen molar-refractivity contribution in [2.75, 3.05) is 0 Å². The fourth-order valence-corrected chi connectivity index (χ4v) is 10.7. The van der Waals surface area contributed by atoms with Gasteiger partial charge in [-0.2, -0.15) is 0 Å². The zero-order valence-corrected chi connectivity index (χ0v) is 24.1. The molecule has 214 valence electrons. The minimum atomic E-state index is -0.550. The van der Waals surface area contributed by atoms with Crippen molar-refractivity contribution < 1.29 is 19.1 Å². The second kappa shape index (κ2) is 9.05. The summed E-state index contributed by atoms with van der Waals surface area (Å²) in [4.78, 5) is 28.4. The Labute approximate surface area is 247 Å². The van der Waals surface area contributed by atoms with Crippen molar-refractivity contribution in [1.82, 2.24) is 0 Å². The number of ether oxygens (including phenoxy) is 2. The molecule has 6 bridgehead atoms. The highest BCUT2D eigenvalue weighted by Crippen LogP contribution is 2.64. The largest absolute Gasteiger partial charge is 0.459 e. The van der Waals surface area contributed by atoms with Crippen LogP contribution in [0.25, 0.3) is 0 Å². The summed E-state index contributed by atoms with van der Waals surface area (Å²) in [6, 6.07) is 23.5. The van der Waals surface area contributed by atoms with Gasteiger partial charge in [-0.05, 0) is 115 Å². The highest BCUT2D eigenvalue weighted by atomic mass is 16.6. The number of hydrogen-bond donors (Lipinski definition) is 0. The van der Waals surface area contributed by atoms with Crippen LogP contribution in [0.2, 0.25) is 0 Å². The normalized spacial score (nSPS) is 34.7. The topological polar surface area (TPSA) is 52.6 Å². The molecule has 4 fully saturated rings. The molecule has 0 spiro atoms. The Hall–Kier alpha value is -3.40. The molecule has 8 aliphatic carbocycles. The molecule has 0 aliphatic heterocycles. The van der Waals surface area contributed by atoms with Gasteiger partial charge in [0.2, 0.25) is 0 Å². The van der Waals surface area contributed by atoms with Gasteiger partial charge in [-0.25, -0.2) is 0 Å². The van der Waals surface area contributed by atoms with Crippen molar-refractivity contribution in [1.29, 1.82) is 0 Å². The number of benzene rings is 3. The quantitative estimate of drug-likeness (QED) is 0.244. The van der Waals surface area contributed by atoms with Gasteiger partial charge in [0.1, 0.15) is 11.4 Å². The maximum absolute atomic E-state index is 14.3. The minimum absolute atomic E-state index is 0.0343. The van der Waals surface area contributed by atoms with Crippen LogP contribution in [0.5, 0.6) is 5.75 Å². The van der Waals surface area contributed by atoms with E-state index in [2.05, 4.69) is 54.6 Å². The second-order valence-corrected chi connectivity index (χ2v) is 14.5. The Kier molecular flexibility index (Phi) is 5.42. The molecule has 4 saturated carbocycles. The number of fused-ring (bicyclic) bond motifs is 2. The minimum Gasteiger partial charge on any atom is -0.459 e. The van der Waals surface area contributed by atoms with E-state index < -0.39 is 11.0 Å². The maximum atomic E-state index is 14.3. The summed E-state index contributed by atoms with van der Waals surface area (Å²) >= 11 is 0. The van der Waals surface area contributed by atoms with E-state index in [0.29, 0.717) is 18.3 Å². The fraction of sp³-hybridized carbons (Fsp3) is 0.474. The summed E-state index contributed by atoms with van der Waals surface area (Å²) in [6.07, 6.45) is 10.5. The van der Waals surface area contributed by atoms with Crippen molar-refractivity contribution in [2.45, 2.75) is 88.1 Å². The van der Waals surface area contributed by atoms with Gasteiger partial charge in [0.25, 0.3) is 0 Å². The lowest BCUT2D eigenvalue weighted by molar-refractivity contribution is -0.212. The Morgan fingerprint density at radius 2 is 1.38 bits per heavy atom. The van der Waals surface area contributed by atoms with Crippen LogP contribution in [0.3, 0.4) is 0 Å². The van der Waals surface area contributed by atoms with Gasteiger partial charge in [0.15, 0.2) is 0 Å². The lowest BCUT2D eigenvalue weighted by Gasteiger charge is -2.60. The highest BCUT2D eigenvalue weighted by molar-refractivity contribution is 5.81. The first-order valence-electron chi connectivity index (χ1n) is 16.2. The molecule has 0 aromatic heterocycles. The summed E-state index contributed by atoms with van der Waals surface area (Å²) < 4.78 is 13.0. The van der Waals surface area contributed by atoms with Crippen LogP contribution in [0.15, 0.2) is 66.7 Å². The molecule has 3 atom stereocenters. The van der Waals surface area contributed by atoms with Gasteiger partial charge in [-0.3, -0.25) is 9.59 Å². The molecule has 0 N–H and O–H groups in total. The molecule has 0 radical (unpaired) electrons. The third kappa shape index (κ3) is 3.66. The van der Waals surface area contributed by atoms with Gasteiger partial charge < -0.3 is 9.47 Å². The molecule has 4 nitrogen and oxygen atoms in total. The molecule has 11 rings (SSSR count). The third-order valence-corrected chi connectivity index (χ3v) is 11.9. The predicted molar refractivity (Wildman–Crippen MR) is 159 cm³/mol. The van der Waals surface area contributed by atoms with Gasteiger partial charge in [-0.15, -0.1) is 0 Å². The monoisotopic (exact) mass is 558 g/mol. The molecule has 0 amide bonds. The van der Waals surface area contributed by atoms with E-state index in [4.69, 9.17) is 9.47 Å². The third-order valence-electron chi connectivity index (χ3n) is 11.9. The molecule has 0 heterocycles. The van der Waals surface area contributed by atoms with E-state index in [1.54, 1.807) is 0 Å². The van der Waals surface area contributed by atoms with Crippen molar-refractivity contribution in [3.63, 3.8) is 0 Å². The highest BCUT2D eigenvalue weighted by Gasteiger charge is 2.63. The van der Waals surface area contributed by atoms with E-state index in [1.807, 2.05) is 12.1 Å². The smallest absolute Gasteiger partial charge is 0.317 e. The van der Waals surface area contributed by atoms with E-state index in [-0.39, 0.29) is 29.7 Å². The number of esters is 2. The Bertz CT molecular complexity index is 1560. The average molecular weight is 559 g/mol. The zero-order valence-electron chi connectivity index (χ0n) is 24.1. The van der Waals surface area contributed by atoms with Crippen LogP contribution in [-0.4, -0.2) is 17.5 Å². The molecule has 3 aromatic carbocycles. The van der Waals surface area contributed by atoms with Crippen LogP contribution in [0.4, 0.5) is 0 Å². The molecule has 4 heteroatoms. The van der Waals surface area contributed by atoms with E-state index in [9.17, 15) is 9.59 Å². The van der Waals surface area contributed by atoms with Gasteiger partial charge in [0.05, 0.1) is 11.3 Å². The van der Waals surface area contributed by atoms with Crippen LogP contribution in [-0.2, 0) is 27.2 Å². The average Bonchev–Trinajstić information content (AvgIpc) is 3.00. The number of hydrogen-bond acceptors (Lipinski definition) is 4. The first-order chi connectivity index (χ1) is 20.5. The van der Waals surface area contributed by atoms with Crippen LogP contribution in [0, 0.1) is 23.2 Å². The summed E-state index contributed by atoms with van der Waals surface area (Å²) in [5.41, 5.74) is 6.74. The summed E-state index contributed by atoms with van der Waals surface area (Å²) in [6.45, 7) is 0. The molecule has 42 heavy (non-hydrogen) atoms. The lowest BCUT2D eigenvalue weighted by atomic mass is 9.48. The molecular weight excluding hydrogens is 520 g/mol. The molecular formula is C38H38O4. The molecule has 8 aliphatic rings. The number of rotatable bonds is 4. The molecule has 3 unspecified atom stereocenters. The van der Waals surface area contributed by atoms with Crippen molar-refractivity contribution >= 4 is 11.9 Å². The van der Waals surface area contributed by atoms with E-state index in [0.717, 1.165) is 63.5 Å². The standard InChI is InChI=1S/C38H38O4/c39-35(32-17-31-27-11-3-5-13-29(27)34(32)30-14-6-4-12-28(30)31)42-38-20-23-16-24(21-38)19-37(18-23,22-38)36(40)41-33-15-7-9-25-8-1-2-10-26(25)33/h3-7,9,11-15,23-24,31-32,34H,1-2,8,10,16-22H2. The van der Waals surface area contributed by atoms with Crippen molar-refractivity contribution in [3.05, 3.63) is 100 Å². The van der Waals surface area contributed by atoms with Crippen LogP contribution in [0.1, 0.15) is 103 Å². The Balaban J connectivity index is 1.00. The lowest BCUT2D eigenvalue weighted by Crippen LogP contribution is -2.61. The van der Waals surface area contributed by atoms with Crippen molar-refractivity contribution in [3.8, 4) is 5.75 Å². The number of carbonyl (C=O) groups is 2. The first kappa shape index (κ1) is 25.1. The Morgan fingerprint density at radius 1 is 0.714 bits per heavy atom. The van der Waals surface area contributed by atoms with Crippen LogP contribution < -0.4 is 4.74 Å². The van der Waals surface area contributed by atoms with Crippen LogP contribution >= 0.6 is 0 Å². The maximum Gasteiger partial charge on any atom is 0.317 e.